The Balaban J connectivity index is 1.41. The number of carbonyl (C=O) groups excluding carboxylic acids is 2. The van der Waals surface area contributed by atoms with Gasteiger partial charge in [0.1, 0.15) is 18.4 Å². The molecule has 0 saturated heterocycles. The van der Waals surface area contributed by atoms with E-state index >= 15 is 0 Å². The van der Waals surface area contributed by atoms with E-state index in [0.717, 1.165) is 30.3 Å². The number of aryl methyl sites for hydroxylation is 1. The SMILES string of the molecule is Cn1cnnc1C1(c2cccc(N3Cc4c(cc(C=O)cc4C(F)(F)F)C3=O)c2)CC2(CC2)C1. The van der Waals surface area contributed by atoms with Crippen LogP contribution in [0.3, 0.4) is 0 Å². The number of hydrogen-bond acceptors (Lipinski definition) is 4. The zero-order valence-electron chi connectivity index (χ0n) is 18.4. The summed E-state index contributed by atoms with van der Waals surface area (Å²) in [4.78, 5) is 25.8. The fourth-order valence-electron chi connectivity index (χ4n) is 5.90. The van der Waals surface area contributed by atoms with E-state index in [0.29, 0.717) is 17.4 Å². The molecule has 1 aliphatic heterocycles. The molecule has 0 radical (unpaired) electrons. The zero-order valence-corrected chi connectivity index (χ0v) is 18.4. The first-order valence-electron chi connectivity index (χ1n) is 11.1. The Morgan fingerprint density at radius 3 is 2.50 bits per heavy atom. The molecule has 1 spiro atoms. The Labute approximate surface area is 193 Å². The van der Waals surface area contributed by atoms with Gasteiger partial charge in [0.05, 0.1) is 17.5 Å². The summed E-state index contributed by atoms with van der Waals surface area (Å²) in [5.74, 6) is 0.314. The largest absolute Gasteiger partial charge is 0.416 e. The van der Waals surface area contributed by atoms with Crippen molar-refractivity contribution in [2.24, 2.45) is 12.5 Å². The lowest BCUT2D eigenvalue weighted by atomic mass is 9.56. The second kappa shape index (κ2) is 6.77. The minimum atomic E-state index is -4.67. The summed E-state index contributed by atoms with van der Waals surface area (Å²) in [6, 6.07) is 9.50. The fraction of sp³-hybridized carbons (Fsp3) is 0.360. The normalized spacial score (nSPS) is 19.8. The van der Waals surface area contributed by atoms with Crippen LogP contribution in [-0.4, -0.2) is 27.0 Å². The van der Waals surface area contributed by atoms with Crippen molar-refractivity contribution in [1.29, 1.82) is 0 Å². The van der Waals surface area contributed by atoms with Gasteiger partial charge in [-0.2, -0.15) is 13.2 Å². The molecule has 6 nitrogen and oxygen atoms in total. The summed E-state index contributed by atoms with van der Waals surface area (Å²) in [5, 5.41) is 8.45. The summed E-state index contributed by atoms with van der Waals surface area (Å²) >= 11 is 0. The van der Waals surface area contributed by atoms with Crippen LogP contribution in [0.5, 0.6) is 0 Å². The Bertz CT molecular complexity index is 1350. The first-order valence-corrected chi connectivity index (χ1v) is 11.1. The van der Waals surface area contributed by atoms with Gasteiger partial charge in [0.15, 0.2) is 0 Å². The maximum atomic E-state index is 13.7. The Morgan fingerprint density at radius 2 is 1.88 bits per heavy atom. The molecule has 0 atom stereocenters. The molecule has 3 aromatic rings. The lowest BCUT2D eigenvalue weighted by Crippen LogP contribution is -2.45. The van der Waals surface area contributed by atoms with Crippen molar-refractivity contribution in [3.63, 3.8) is 0 Å². The van der Waals surface area contributed by atoms with E-state index in [-0.39, 0.29) is 28.7 Å². The van der Waals surface area contributed by atoms with Gasteiger partial charge in [-0.25, -0.2) is 0 Å². The minimum absolute atomic E-state index is 0.0779. The lowest BCUT2D eigenvalue weighted by Gasteiger charge is -2.48. The molecule has 6 rings (SSSR count). The predicted molar refractivity (Wildman–Crippen MR) is 116 cm³/mol. The molecule has 2 saturated carbocycles. The van der Waals surface area contributed by atoms with Crippen molar-refractivity contribution in [3.05, 3.63) is 76.4 Å². The molecule has 2 fully saturated rings. The highest BCUT2D eigenvalue weighted by Crippen LogP contribution is 2.70. The summed E-state index contributed by atoms with van der Waals surface area (Å²) < 4.78 is 43.0. The van der Waals surface area contributed by atoms with Crippen LogP contribution < -0.4 is 4.90 Å². The molecule has 0 N–H and O–H groups in total. The number of halogens is 3. The summed E-state index contributed by atoms with van der Waals surface area (Å²) in [5.41, 5.74) is 0.224. The highest BCUT2D eigenvalue weighted by Gasteiger charge is 2.63. The van der Waals surface area contributed by atoms with Gasteiger partial charge in [-0.1, -0.05) is 12.1 Å². The molecule has 34 heavy (non-hydrogen) atoms. The zero-order chi connectivity index (χ0) is 23.9. The second-order valence-corrected chi connectivity index (χ2v) is 9.85. The monoisotopic (exact) mass is 466 g/mol. The highest BCUT2D eigenvalue weighted by molar-refractivity contribution is 6.11. The molecule has 1 aromatic heterocycles. The van der Waals surface area contributed by atoms with E-state index in [2.05, 4.69) is 10.2 Å². The minimum Gasteiger partial charge on any atom is -0.320 e. The topological polar surface area (TPSA) is 68.1 Å². The molecule has 3 aliphatic rings. The number of fused-ring (bicyclic) bond motifs is 1. The number of rotatable bonds is 4. The van der Waals surface area contributed by atoms with E-state index in [4.69, 9.17) is 0 Å². The third-order valence-electron chi connectivity index (χ3n) is 7.67. The van der Waals surface area contributed by atoms with Crippen LogP contribution in [0.25, 0.3) is 0 Å². The van der Waals surface area contributed by atoms with Gasteiger partial charge >= 0.3 is 6.18 Å². The van der Waals surface area contributed by atoms with Crippen molar-refractivity contribution in [2.75, 3.05) is 4.90 Å². The molecule has 2 aromatic carbocycles. The Morgan fingerprint density at radius 1 is 1.12 bits per heavy atom. The van der Waals surface area contributed by atoms with Crippen molar-refractivity contribution < 1.29 is 22.8 Å². The van der Waals surface area contributed by atoms with Crippen LogP contribution >= 0.6 is 0 Å². The average molecular weight is 466 g/mol. The smallest absolute Gasteiger partial charge is 0.320 e. The van der Waals surface area contributed by atoms with Crippen LogP contribution in [0.4, 0.5) is 18.9 Å². The first kappa shape index (κ1) is 21.1. The molecule has 2 heterocycles. The van der Waals surface area contributed by atoms with Crippen LogP contribution in [0, 0.1) is 5.41 Å². The van der Waals surface area contributed by atoms with Crippen molar-refractivity contribution in [1.82, 2.24) is 14.8 Å². The van der Waals surface area contributed by atoms with Gasteiger partial charge in [-0.15, -0.1) is 10.2 Å². The summed E-state index contributed by atoms with van der Waals surface area (Å²) in [6.07, 6.45) is 1.58. The molecule has 2 aliphatic carbocycles. The molecule has 174 valence electrons. The van der Waals surface area contributed by atoms with Gasteiger partial charge < -0.3 is 9.47 Å². The Hall–Kier alpha value is -3.49. The van der Waals surface area contributed by atoms with Gasteiger partial charge in [0.25, 0.3) is 5.91 Å². The third kappa shape index (κ3) is 2.95. The number of carbonyl (C=O) groups is 2. The average Bonchev–Trinajstić information content (AvgIpc) is 3.35. The lowest BCUT2D eigenvalue weighted by molar-refractivity contribution is -0.138. The number of aldehydes is 1. The number of alkyl halides is 3. The maximum Gasteiger partial charge on any atom is 0.416 e. The van der Waals surface area contributed by atoms with Gasteiger partial charge in [-0.05, 0) is 66.5 Å². The van der Waals surface area contributed by atoms with E-state index in [9.17, 15) is 22.8 Å². The van der Waals surface area contributed by atoms with Crippen LogP contribution in [0.15, 0.2) is 42.7 Å². The fourth-order valence-corrected chi connectivity index (χ4v) is 5.90. The predicted octanol–water partition coefficient (Wildman–Crippen LogP) is 4.67. The standard InChI is InChI=1S/C25H21F3N4O2/c1-31-14-29-30-22(31)24(12-23(13-24)5-6-23)16-3-2-4-17(9-16)32-10-19-18(21(32)34)7-15(11-33)8-20(19)25(26,27)28/h2-4,7-9,11,14H,5-6,10,12-13H2,1H3. The van der Waals surface area contributed by atoms with Gasteiger partial charge in [0.2, 0.25) is 0 Å². The van der Waals surface area contributed by atoms with Gasteiger partial charge in [0, 0.05) is 23.9 Å². The molecule has 1 amide bonds. The quantitative estimate of drug-likeness (QED) is 0.525. The number of aromatic nitrogens is 3. The maximum absolute atomic E-state index is 13.7. The molecular formula is C25H21F3N4O2. The summed E-state index contributed by atoms with van der Waals surface area (Å²) in [7, 11) is 1.91. The van der Waals surface area contributed by atoms with Gasteiger partial charge in [-0.3, -0.25) is 9.59 Å². The summed E-state index contributed by atoms with van der Waals surface area (Å²) in [6.45, 7) is -0.202. The van der Waals surface area contributed by atoms with Crippen LogP contribution in [-0.2, 0) is 25.2 Å². The second-order valence-electron chi connectivity index (χ2n) is 9.85. The van der Waals surface area contributed by atoms with Crippen molar-refractivity contribution in [2.45, 2.75) is 43.8 Å². The van der Waals surface area contributed by atoms with E-state index in [1.807, 2.05) is 29.8 Å². The molecule has 9 heteroatoms. The van der Waals surface area contributed by atoms with E-state index < -0.39 is 17.6 Å². The van der Waals surface area contributed by atoms with E-state index in [1.165, 1.54) is 23.8 Å². The highest BCUT2D eigenvalue weighted by atomic mass is 19.4. The number of benzene rings is 2. The van der Waals surface area contributed by atoms with E-state index in [1.54, 1.807) is 12.4 Å². The number of amides is 1. The number of hydrogen-bond donors (Lipinski definition) is 0. The van der Waals surface area contributed by atoms with Crippen molar-refractivity contribution in [3.8, 4) is 0 Å². The Kier molecular flexibility index (Phi) is 4.20. The molecular weight excluding hydrogens is 445 g/mol. The third-order valence-corrected chi connectivity index (χ3v) is 7.67. The first-order chi connectivity index (χ1) is 16.2. The number of nitrogens with zero attached hydrogens (tertiary/aromatic N) is 4. The van der Waals surface area contributed by atoms with Crippen LogP contribution in [0.1, 0.15) is 68.9 Å². The molecule has 0 bridgehead atoms. The number of anilines is 1. The molecule has 0 unspecified atom stereocenters. The van der Waals surface area contributed by atoms with Crippen LogP contribution in [0.2, 0.25) is 0 Å². The van der Waals surface area contributed by atoms with Crippen molar-refractivity contribution >= 4 is 17.9 Å².